The predicted octanol–water partition coefficient (Wildman–Crippen LogP) is 5.01. The van der Waals surface area contributed by atoms with Crippen LogP contribution in [0.15, 0.2) is 67.5 Å². The molecule has 0 atom stereocenters. The minimum absolute atomic E-state index is 0.643. The average molecular weight is 488 g/mol. The third-order valence-corrected chi connectivity index (χ3v) is 7.00. The van der Waals surface area contributed by atoms with Crippen molar-refractivity contribution in [2.24, 2.45) is 0 Å². The van der Waals surface area contributed by atoms with Crippen molar-refractivity contribution >= 4 is 22.1 Å². The Morgan fingerprint density at radius 2 is 1.73 bits per heavy atom. The highest BCUT2D eigenvalue weighted by Gasteiger charge is 2.17. The fourth-order valence-electron chi connectivity index (χ4n) is 5.14. The molecule has 1 aliphatic rings. The van der Waals surface area contributed by atoms with Crippen LogP contribution in [0.2, 0.25) is 0 Å². The predicted molar refractivity (Wildman–Crippen MR) is 142 cm³/mol. The third-order valence-electron chi connectivity index (χ3n) is 7.00. The normalized spacial score (nSPS) is 14.5. The van der Waals surface area contributed by atoms with E-state index in [0.29, 0.717) is 11.5 Å². The van der Waals surface area contributed by atoms with Crippen molar-refractivity contribution in [2.45, 2.75) is 25.8 Å². The Labute approximate surface area is 213 Å². The SMILES string of the molecule is c1cc(-c2ccnc3nc(-c4n[nH]c5cnc(-c6cncc(CN7CCCCC7)c6)cc45)[nH]c23)ccn1. The van der Waals surface area contributed by atoms with E-state index in [1.807, 2.05) is 36.8 Å². The molecule has 1 fully saturated rings. The molecule has 0 amide bonds. The van der Waals surface area contributed by atoms with Crippen molar-refractivity contribution in [1.29, 1.82) is 0 Å². The van der Waals surface area contributed by atoms with Crippen LogP contribution in [0.1, 0.15) is 24.8 Å². The van der Waals surface area contributed by atoms with Crippen LogP contribution in [0.4, 0.5) is 0 Å². The summed E-state index contributed by atoms with van der Waals surface area (Å²) in [6.07, 6.45) is 14.9. The lowest BCUT2D eigenvalue weighted by Crippen LogP contribution is -2.29. The van der Waals surface area contributed by atoms with Gasteiger partial charge in [0.15, 0.2) is 11.5 Å². The zero-order chi connectivity index (χ0) is 24.6. The van der Waals surface area contributed by atoms with Gasteiger partial charge in [-0.1, -0.05) is 6.42 Å². The number of likely N-dealkylation sites (tertiary alicyclic amines) is 1. The van der Waals surface area contributed by atoms with E-state index in [4.69, 9.17) is 9.97 Å². The lowest BCUT2D eigenvalue weighted by molar-refractivity contribution is 0.220. The van der Waals surface area contributed by atoms with Gasteiger partial charge < -0.3 is 4.98 Å². The van der Waals surface area contributed by atoms with Gasteiger partial charge >= 0.3 is 0 Å². The summed E-state index contributed by atoms with van der Waals surface area (Å²) >= 11 is 0. The van der Waals surface area contributed by atoms with E-state index < -0.39 is 0 Å². The second-order valence-electron chi connectivity index (χ2n) is 9.48. The molecule has 0 saturated carbocycles. The van der Waals surface area contributed by atoms with E-state index in [1.165, 1.54) is 24.8 Å². The van der Waals surface area contributed by atoms with Gasteiger partial charge in [-0.3, -0.25) is 25.0 Å². The maximum atomic E-state index is 4.77. The van der Waals surface area contributed by atoms with Crippen molar-refractivity contribution in [3.05, 3.63) is 73.1 Å². The Bertz CT molecular complexity index is 1700. The maximum absolute atomic E-state index is 4.77. The molecule has 0 aliphatic carbocycles. The number of hydrogen-bond donors (Lipinski definition) is 2. The lowest BCUT2D eigenvalue weighted by atomic mass is 10.1. The number of H-pyrrole nitrogens is 2. The monoisotopic (exact) mass is 487 g/mol. The molecule has 1 aliphatic heterocycles. The van der Waals surface area contributed by atoms with Crippen molar-refractivity contribution < 1.29 is 0 Å². The van der Waals surface area contributed by atoms with Crippen molar-refractivity contribution in [3.63, 3.8) is 0 Å². The molecule has 0 aromatic carbocycles. The van der Waals surface area contributed by atoms with Gasteiger partial charge in [-0.25, -0.2) is 9.97 Å². The van der Waals surface area contributed by atoms with E-state index in [1.54, 1.807) is 18.6 Å². The molecule has 37 heavy (non-hydrogen) atoms. The Morgan fingerprint density at radius 1 is 0.838 bits per heavy atom. The molecule has 7 heterocycles. The third kappa shape index (κ3) is 4.13. The molecule has 6 aromatic heterocycles. The highest BCUT2D eigenvalue weighted by Crippen LogP contribution is 2.31. The zero-order valence-corrected chi connectivity index (χ0v) is 20.2. The van der Waals surface area contributed by atoms with E-state index in [2.05, 4.69) is 47.2 Å². The number of aromatic nitrogens is 8. The molecule has 1 saturated heterocycles. The fourth-order valence-corrected chi connectivity index (χ4v) is 5.14. The van der Waals surface area contributed by atoms with Crippen LogP contribution in [0.3, 0.4) is 0 Å². The number of hydrogen-bond acceptors (Lipinski definition) is 7. The summed E-state index contributed by atoms with van der Waals surface area (Å²) in [5.74, 6) is 0.657. The maximum Gasteiger partial charge on any atom is 0.178 e. The van der Waals surface area contributed by atoms with Crippen LogP contribution in [0, 0.1) is 0 Å². The standard InChI is InChI=1S/C28H25N9/c1-2-10-37(11-3-1)17-18-12-20(15-30-14-18)23-13-22-24(16-32-23)35-36-26(22)28-33-25-21(6-9-31-27(25)34-28)19-4-7-29-8-5-19/h4-9,12-16H,1-3,10-11,17H2,(H,35,36)(H,31,33,34). The topological polar surface area (TPSA) is 112 Å². The molecule has 0 unspecified atom stereocenters. The van der Waals surface area contributed by atoms with Gasteiger partial charge in [0.05, 0.1) is 22.9 Å². The number of nitrogens with one attached hydrogen (secondary N) is 2. The summed E-state index contributed by atoms with van der Waals surface area (Å²) in [6.45, 7) is 3.23. The minimum atomic E-state index is 0.643. The van der Waals surface area contributed by atoms with E-state index in [-0.39, 0.29) is 0 Å². The van der Waals surface area contributed by atoms with Crippen LogP contribution in [0.25, 0.3) is 56.0 Å². The Balaban J connectivity index is 1.26. The van der Waals surface area contributed by atoms with Crippen LogP contribution in [-0.4, -0.2) is 58.1 Å². The van der Waals surface area contributed by atoms with Crippen LogP contribution in [-0.2, 0) is 6.54 Å². The first kappa shape index (κ1) is 21.8. The minimum Gasteiger partial charge on any atom is -0.335 e. The van der Waals surface area contributed by atoms with E-state index >= 15 is 0 Å². The molecule has 7 rings (SSSR count). The first-order chi connectivity index (χ1) is 18.3. The number of imidazole rings is 1. The molecule has 0 bridgehead atoms. The van der Waals surface area contributed by atoms with Crippen molar-refractivity contribution in [2.75, 3.05) is 13.1 Å². The Hall–Kier alpha value is -4.50. The van der Waals surface area contributed by atoms with Gasteiger partial charge in [0.1, 0.15) is 5.69 Å². The molecule has 2 N–H and O–H groups in total. The summed E-state index contributed by atoms with van der Waals surface area (Å²) < 4.78 is 0. The number of fused-ring (bicyclic) bond motifs is 2. The first-order valence-electron chi connectivity index (χ1n) is 12.6. The van der Waals surface area contributed by atoms with Gasteiger partial charge in [0.25, 0.3) is 0 Å². The number of aromatic amines is 2. The van der Waals surface area contributed by atoms with Crippen LogP contribution >= 0.6 is 0 Å². The lowest BCUT2D eigenvalue weighted by Gasteiger charge is -2.26. The largest absolute Gasteiger partial charge is 0.335 e. The molecule has 9 heteroatoms. The van der Waals surface area contributed by atoms with Crippen molar-refractivity contribution in [3.8, 4) is 33.9 Å². The van der Waals surface area contributed by atoms with Gasteiger partial charge in [-0.2, -0.15) is 5.10 Å². The fraction of sp³-hybridized carbons (Fsp3) is 0.214. The molecular formula is C28H25N9. The summed E-state index contributed by atoms with van der Waals surface area (Å²) in [5.41, 5.74) is 8.21. The second kappa shape index (κ2) is 9.18. The molecule has 9 nitrogen and oxygen atoms in total. The molecule has 6 aromatic rings. The number of nitrogens with zero attached hydrogens (tertiary/aromatic N) is 7. The Morgan fingerprint density at radius 3 is 2.62 bits per heavy atom. The molecule has 0 radical (unpaired) electrons. The Kier molecular flexibility index (Phi) is 5.40. The number of piperidine rings is 1. The highest BCUT2D eigenvalue weighted by atomic mass is 15.1. The first-order valence-corrected chi connectivity index (χ1v) is 12.6. The van der Waals surface area contributed by atoms with Gasteiger partial charge in [-0.05, 0) is 67.4 Å². The van der Waals surface area contributed by atoms with E-state index in [0.717, 1.165) is 64.1 Å². The van der Waals surface area contributed by atoms with E-state index in [9.17, 15) is 0 Å². The molecular weight excluding hydrogens is 462 g/mol. The highest BCUT2D eigenvalue weighted by molar-refractivity contribution is 5.96. The summed E-state index contributed by atoms with van der Waals surface area (Å²) in [6, 6.07) is 10.2. The number of pyridine rings is 4. The zero-order valence-electron chi connectivity index (χ0n) is 20.2. The van der Waals surface area contributed by atoms with Gasteiger partial charge in [0, 0.05) is 54.0 Å². The summed E-state index contributed by atoms with van der Waals surface area (Å²) in [5, 5.41) is 8.61. The molecule has 0 spiro atoms. The summed E-state index contributed by atoms with van der Waals surface area (Å²) in [7, 11) is 0. The van der Waals surface area contributed by atoms with Crippen LogP contribution in [0.5, 0.6) is 0 Å². The van der Waals surface area contributed by atoms with Gasteiger partial charge in [0.2, 0.25) is 0 Å². The van der Waals surface area contributed by atoms with Crippen molar-refractivity contribution in [1.82, 2.24) is 45.0 Å². The summed E-state index contributed by atoms with van der Waals surface area (Å²) in [4.78, 5) is 28.6. The quantitative estimate of drug-likeness (QED) is 0.352. The average Bonchev–Trinajstić information content (AvgIpc) is 3.58. The second-order valence-corrected chi connectivity index (χ2v) is 9.48. The molecule has 182 valence electrons. The van der Waals surface area contributed by atoms with Crippen LogP contribution < -0.4 is 0 Å². The smallest absolute Gasteiger partial charge is 0.178 e. The number of rotatable bonds is 5. The van der Waals surface area contributed by atoms with Gasteiger partial charge in [-0.15, -0.1) is 0 Å².